The zero-order valence-electron chi connectivity index (χ0n) is 17.6. The average molecular weight is 407 g/mol. The van der Waals surface area contributed by atoms with Gasteiger partial charge in [0.1, 0.15) is 5.82 Å². The Morgan fingerprint density at radius 3 is 2.73 bits per heavy atom. The zero-order chi connectivity index (χ0) is 20.7. The Morgan fingerprint density at radius 1 is 1.07 bits per heavy atom. The smallest absolute Gasteiger partial charge is 0.230 e. The van der Waals surface area contributed by atoms with Gasteiger partial charge in [-0.2, -0.15) is 5.10 Å². The second-order valence-electron chi connectivity index (χ2n) is 9.11. The molecule has 0 bridgehead atoms. The molecule has 2 atom stereocenters. The number of piperidine rings is 1. The summed E-state index contributed by atoms with van der Waals surface area (Å²) in [6.07, 6.45) is 8.83. The minimum atomic E-state index is -0.150. The van der Waals surface area contributed by atoms with Crippen LogP contribution in [0.4, 0.5) is 5.82 Å². The van der Waals surface area contributed by atoms with Crippen molar-refractivity contribution in [1.29, 1.82) is 0 Å². The largest absolute Gasteiger partial charge is 0.342 e. The summed E-state index contributed by atoms with van der Waals surface area (Å²) in [5.74, 6) is 1.11. The van der Waals surface area contributed by atoms with E-state index in [2.05, 4.69) is 34.7 Å². The van der Waals surface area contributed by atoms with E-state index in [1.54, 1.807) is 0 Å². The summed E-state index contributed by atoms with van der Waals surface area (Å²) in [6, 6.07) is 8.71. The highest BCUT2D eigenvalue weighted by molar-refractivity contribution is 5.93. The van der Waals surface area contributed by atoms with Crippen molar-refractivity contribution in [3.05, 3.63) is 47.2 Å². The normalized spacial score (nSPS) is 23.7. The molecule has 1 aromatic heterocycles. The number of anilines is 1. The summed E-state index contributed by atoms with van der Waals surface area (Å²) >= 11 is 0. The monoisotopic (exact) mass is 406 g/mol. The molecule has 3 aliphatic rings. The fourth-order valence-electron chi connectivity index (χ4n) is 5.02. The molecule has 2 aliphatic carbocycles. The summed E-state index contributed by atoms with van der Waals surface area (Å²) in [6.45, 7) is 3.33. The number of hydrogen-bond acceptors (Lipinski definition) is 3. The minimum Gasteiger partial charge on any atom is -0.342 e. The van der Waals surface area contributed by atoms with Crippen LogP contribution in [0.5, 0.6) is 0 Å². The third kappa shape index (κ3) is 3.64. The molecule has 0 radical (unpaired) electrons. The lowest BCUT2D eigenvalue weighted by Gasteiger charge is -2.32. The van der Waals surface area contributed by atoms with Crippen LogP contribution in [-0.4, -0.2) is 39.6 Å². The topological polar surface area (TPSA) is 67.2 Å². The third-order valence-electron chi connectivity index (χ3n) is 6.88. The van der Waals surface area contributed by atoms with E-state index in [1.165, 1.54) is 11.1 Å². The number of carbonyl (C=O) groups is 2. The highest BCUT2D eigenvalue weighted by Gasteiger charge is 2.37. The first kappa shape index (κ1) is 19.3. The zero-order valence-corrected chi connectivity index (χ0v) is 17.6. The van der Waals surface area contributed by atoms with Crippen molar-refractivity contribution in [3.63, 3.8) is 0 Å². The fraction of sp³-hybridized carbons (Fsp3) is 0.542. The van der Waals surface area contributed by atoms with E-state index < -0.39 is 0 Å². The Bertz CT molecular complexity index is 962. The van der Waals surface area contributed by atoms with Gasteiger partial charge < -0.3 is 10.2 Å². The maximum atomic E-state index is 13.2. The van der Waals surface area contributed by atoms with Crippen LogP contribution in [0.1, 0.15) is 61.3 Å². The van der Waals surface area contributed by atoms with Gasteiger partial charge in [0.05, 0.1) is 18.2 Å². The number of fused-ring (bicyclic) bond motifs is 1. The van der Waals surface area contributed by atoms with Crippen molar-refractivity contribution < 1.29 is 9.59 Å². The van der Waals surface area contributed by atoms with Crippen LogP contribution in [0.15, 0.2) is 30.5 Å². The van der Waals surface area contributed by atoms with Crippen LogP contribution >= 0.6 is 0 Å². The van der Waals surface area contributed by atoms with Crippen LogP contribution in [0.3, 0.4) is 0 Å². The number of aryl methyl sites for hydroxylation is 2. The van der Waals surface area contributed by atoms with Gasteiger partial charge in [-0.1, -0.05) is 24.3 Å². The van der Waals surface area contributed by atoms with Gasteiger partial charge in [0.2, 0.25) is 11.8 Å². The summed E-state index contributed by atoms with van der Waals surface area (Å²) < 4.78 is 2.00. The van der Waals surface area contributed by atoms with Crippen molar-refractivity contribution in [2.75, 3.05) is 18.4 Å². The van der Waals surface area contributed by atoms with Crippen molar-refractivity contribution in [1.82, 2.24) is 14.7 Å². The Labute approximate surface area is 177 Å². The van der Waals surface area contributed by atoms with Gasteiger partial charge in [0.15, 0.2) is 0 Å². The van der Waals surface area contributed by atoms with E-state index >= 15 is 0 Å². The molecule has 0 spiro atoms. The second-order valence-corrected chi connectivity index (χ2v) is 9.11. The molecule has 1 aliphatic heterocycles. The Hall–Kier alpha value is -2.63. The van der Waals surface area contributed by atoms with Crippen LogP contribution in [0.25, 0.3) is 0 Å². The van der Waals surface area contributed by atoms with Crippen molar-refractivity contribution in [2.24, 2.45) is 11.8 Å². The fourth-order valence-corrected chi connectivity index (χ4v) is 5.02. The molecule has 30 heavy (non-hydrogen) atoms. The van der Waals surface area contributed by atoms with E-state index in [9.17, 15) is 9.59 Å². The molecule has 2 heterocycles. The first-order valence-electron chi connectivity index (χ1n) is 11.3. The summed E-state index contributed by atoms with van der Waals surface area (Å²) in [4.78, 5) is 27.5. The van der Waals surface area contributed by atoms with Gasteiger partial charge in [-0.15, -0.1) is 0 Å². The number of carbonyl (C=O) groups excluding carboxylic acids is 2. The molecular formula is C24H30N4O2. The predicted octanol–water partition coefficient (Wildman–Crippen LogP) is 3.70. The molecule has 6 nitrogen and oxygen atoms in total. The van der Waals surface area contributed by atoms with Gasteiger partial charge in [0.25, 0.3) is 0 Å². The van der Waals surface area contributed by atoms with Crippen LogP contribution < -0.4 is 5.32 Å². The van der Waals surface area contributed by atoms with Crippen molar-refractivity contribution in [2.45, 2.75) is 57.9 Å². The summed E-state index contributed by atoms with van der Waals surface area (Å²) in [7, 11) is 0. The van der Waals surface area contributed by atoms with E-state index in [0.717, 1.165) is 62.9 Å². The van der Waals surface area contributed by atoms with Crippen LogP contribution in [0.2, 0.25) is 0 Å². The quantitative estimate of drug-likeness (QED) is 0.842. The van der Waals surface area contributed by atoms with Gasteiger partial charge in [-0.25, -0.2) is 4.68 Å². The Balaban J connectivity index is 1.34. The number of aromatic nitrogens is 2. The molecule has 2 amide bonds. The van der Waals surface area contributed by atoms with Gasteiger partial charge in [-0.05, 0) is 63.0 Å². The number of benzene rings is 1. The van der Waals surface area contributed by atoms with E-state index in [4.69, 9.17) is 0 Å². The van der Waals surface area contributed by atoms with E-state index in [0.29, 0.717) is 6.54 Å². The van der Waals surface area contributed by atoms with E-state index in [-0.39, 0.29) is 29.7 Å². The minimum absolute atomic E-state index is 0.0113. The molecule has 1 saturated carbocycles. The molecule has 6 heteroatoms. The summed E-state index contributed by atoms with van der Waals surface area (Å²) in [5.41, 5.74) is 3.66. The third-order valence-corrected chi connectivity index (χ3v) is 6.88. The SMILES string of the molecule is Cc1cnn(C2CCCc3ccccc32)c1NC(=O)C1CCCN(C(=O)C2CC2)C1. The lowest BCUT2D eigenvalue weighted by Crippen LogP contribution is -2.44. The first-order chi connectivity index (χ1) is 14.6. The van der Waals surface area contributed by atoms with Crippen LogP contribution in [0, 0.1) is 18.8 Å². The highest BCUT2D eigenvalue weighted by atomic mass is 16.2. The van der Waals surface area contributed by atoms with Gasteiger partial charge in [-0.3, -0.25) is 9.59 Å². The van der Waals surface area contributed by atoms with Crippen molar-refractivity contribution in [3.8, 4) is 0 Å². The lowest BCUT2D eigenvalue weighted by molar-refractivity contribution is -0.135. The lowest BCUT2D eigenvalue weighted by atomic mass is 9.88. The predicted molar refractivity (Wildman–Crippen MR) is 115 cm³/mol. The van der Waals surface area contributed by atoms with E-state index in [1.807, 2.05) is 22.7 Å². The maximum absolute atomic E-state index is 13.2. The number of hydrogen-bond donors (Lipinski definition) is 1. The highest BCUT2D eigenvalue weighted by Crippen LogP contribution is 2.36. The second kappa shape index (κ2) is 7.89. The molecule has 1 aromatic carbocycles. The molecule has 2 fully saturated rings. The first-order valence-corrected chi connectivity index (χ1v) is 11.3. The summed E-state index contributed by atoms with van der Waals surface area (Å²) in [5, 5.41) is 7.83. The number of likely N-dealkylation sites (tertiary alicyclic amines) is 1. The number of rotatable bonds is 4. The molecule has 1 saturated heterocycles. The molecule has 2 aromatic rings. The standard InChI is InChI=1S/C24H30N4O2/c1-16-14-25-28(21-10-4-7-17-6-2-3-9-20(17)21)22(16)26-23(29)19-8-5-13-27(15-19)24(30)18-11-12-18/h2-3,6,9,14,18-19,21H,4-5,7-8,10-13,15H2,1H3,(H,26,29). The molecule has 158 valence electrons. The molecule has 1 N–H and O–H groups in total. The molecule has 2 unspecified atom stereocenters. The average Bonchev–Trinajstić information content (AvgIpc) is 3.57. The Morgan fingerprint density at radius 2 is 1.90 bits per heavy atom. The molecule has 5 rings (SSSR count). The number of amides is 2. The number of nitrogens with zero attached hydrogens (tertiary/aromatic N) is 3. The Kier molecular flexibility index (Phi) is 5.09. The van der Waals surface area contributed by atoms with Gasteiger partial charge >= 0.3 is 0 Å². The maximum Gasteiger partial charge on any atom is 0.230 e. The van der Waals surface area contributed by atoms with Gasteiger partial charge in [0, 0.05) is 24.6 Å². The van der Waals surface area contributed by atoms with Crippen molar-refractivity contribution >= 4 is 17.6 Å². The van der Waals surface area contributed by atoms with Crippen LogP contribution in [-0.2, 0) is 16.0 Å². The number of nitrogens with one attached hydrogen (secondary N) is 1. The molecular weight excluding hydrogens is 376 g/mol.